The molecule has 0 spiro atoms. The third kappa shape index (κ3) is 2.98. The van der Waals surface area contributed by atoms with Crippen LogP contribution in [0.5, 0.6) is 0 Å². The molecular weight excluding hydrogens is 186 g/mol. The fraction of sp³-hybridized carbons (Fsp3) is 0.417. The van der Waals surface area contributed by atoms with Crippen molar-refractivity contribution in [2.24, 2.45) is 4.99 Å². The first-order valence-corrected chi connectivity index (χ1v) is 5.01. The van der Waals surface area contributed by atoms with E-state index in [1.165, 1.54) is 5.56 Å². The molecule has 0 unspecified atom stereocenters. The van der Waals surface area contributed by atoms with Crippen LogP contribution in [0, 0.1) is 6.92 Å². The van der Waals surface area contributed by atoms with Crippen molar-refractivity contribution in [3.05, 3.63) is 29.8 Å². The molecule has 0 fully saturated rings. The lowest BCUT2D eigenvalue weighted by atomic mass is 10.2. The second kappa shape index (κ2) is 4.82. The number of aliphatic imine (C=N–C) groups is 1. The van der Waals surface area contributed by atoms with Crippen molar-refractivity contribution in [1.82, 2.24) is 9.80 Å². The van der Waals surface area contributed by atoms with Gasteiger partial charge in [0.15, 0.2) is 0 Å². The number of nitrogens with zero attached hydrogens (tertiary/aromatic N) is 3. The summed E-state index contributed by atoms with van der Waals surface area (Å²) in [5.74, 6) is 0.948. The highest BCUT2D eigenvalue weighted by Crippen LogP contribution is 2.17. The zero-order valence-corrected chi connectivity index (χ0v) is 10.2. The van der Waals surface area contributed by atoms with Crippen LogP contribution in [0.1, 0.15) is 5.56 Å². The molecule has 3 nitrogen and oxygen atoms in total. The van der Waals surface area contributed by atoms with Crippen LogP contribution in [0.15, 0.2) is 29.3 Å². The Morgan fingerprint density at radius 2 is 1.53 bits per heavy atom. The van der Waals surface area contributed by atoms with Crippen molar-refractivity contribution in [2.75, 3.05) is 28.2 Å². The number of aryl methyl sites for hydroxylation is 1. The summed E-state index contributed by atoms with van der Waals surface area (Å²) in [6.45, 7) is 2.07. The molecule has 1 aromatic carbocycles. The van der Waals surface area contributed by atoms with Crippen molar-refractivity contribution in [3.63, 3.8) is 0 Å². The average Bonchev–Trinajstić information content (AvgIpc) is 2.15. The van der Waals surface area contributed by atoms with E-state index >= 15 is 0 Å². The molecule has 0 aliphatic carbocycles. The SMILES string of the molecule is Cc1ccccc1N=C(N(C)C)N(C)C. The van der Waals surface area contributed by atoms with Gasteiger partial charge in [-0.05, 0) is 18.6 Å². The van der Waals surface area contributed by atoms with Crippen molar-refractivity contribution < 1.29 is 0 Å². The van der Waals surface area contributed by atoms with E-state index in [1.54, 1.807) is 0 Å². The fourth-order valence-corrected chi connectivity index (χ4v) is 1.40. The predicted molar refractivity (Wildman–Crippen MR) is 65.6 cm³/mol. The van der Waals surface area contributed by atoms with Crippen LogP contribution in [-0.4, -0.2) is 44.0 Å². The van der Waals surface area contributed by atoms with Gasteiger partial charge in [0, 0.05) is 28.2 Å². The van der Waals surface area contributed by atoms with E-state index in [4.69, 9.17) is 0 Å². The molecule has 0 radical (unpaired) electrons. The summed E-state index contributed by atoms with van der Waals surface area (Å²) < 4.78 is 0. The molecule has 1 aromatic rings. The van der Waals surface area contributed by atoms with Gasteiger partial charge in [-0.15, -0.1) is 0 Å². The first kappa shape index (κ1) is 11.6. The summed E-state index contributed by atoms with van der Waals surface area (Å²) in [7, 11) is 7.99. The molecule has 0 aliphatic rings. The molecular formula is C12H19N3. The normalized spacial score (nSPS) is 9.67. The van der Waals surface area contributed by atoms with Crippen LogP contribution in [0.25, 0.3) is 0 Å². The van der Waals surface area contributed by atoms with Gasteiger partial charge >= 0.3 is 0 Å². The predicted octanol–water partition coefficient (Wildman–Crippen LogP) is 2.11. The van der Waals surface area contributed by atoms with E-state index < -0.39 is 0 Å². The molecule has 82 valence electrons. The molecule has 0 heterocycles. The maximum Gasteiger partial charge on any atom is 0.200 e. The van der Waals surface area contributed by atoms with Gasteiger partial charge in [0.2, 0.25) is 5.96 Å². The Morgan fingerprint density at radius 3 is 2.00 bits per heavy atom. The van der Waals surface area contributed by atoms with Crippen LogP contribution >= 0.6 is 0 Å². The van der Waals surface area contributed by atoms with Gasteiger partial charge in [-0.1, -0.05) is 18.2 Å². The molecule has 0 amide bonds. The molecule has 0 bridgehead atoms. The molecule has 15 heavy (non-hydrogen) atoms. The minimum atomic E-state index is 0.948. The van der Waals surface area contributed by atoms with Crippen molar-refractivity contribution >= 4 is 11.6 Å². The second-order valence-electron chi connectivity index (χ2n) is 3.99. The summed E-state index contributed by atoms with van der Waals surface area (Å²) in [6.07, 6.45) is 0. The number of guanidine groups is 1. The topological polar surface area (TPSA) is 18.8 Å². The number of benzene rings is 1. The molecule has 0 saturated carbocycles. The maximum absolute atomic E-state index is 4.63. The maximum atomic E-state index is 4.63. The quantitative estimate of drug-likeness (QED) is 0.516. The van der Waals surface area contributed by atoms with Crippen LogP contribution in [0.2, 0.25) is 0 Å². The Labute approximate surface area is 92.0 Å². The molecule has 0 atom stereocenters. The molecule has 0 N–H and O–H groups in total. The lowest BCUT2D eigenvalue weighted by Crippen LogP contribution is -2.35. The standard InChI is InChI=1S/C12H19N3/c1-10-8-6-7-9-11(10)13-12(14(2)3)15(4)5/h6-9H,1-5H3. The van der Waals surface area contributed by atoms with Gasteiger partial charge in [-0.3, -0.25) is 0 Å². The van der Waals surface area contributed by atoms with E-state index in [9.17, 15) is 0 Å². The molecule has 0 saturated heterocycles. The number of hydrogen-bond acceptors (Lipinski definition) is 1. The minimum Gasteiger partial charge on any atom is -0.349 e. The molecule has 3 heteroatoms. The number of para-hydroxylation sites is 1. The minimum absolute atomic E-state index is 0.948. The summed E-state index contributed by atoms with van der Waals surface area (Å²) in [4.78, 5) is 8.64. The van der Waals surface area contributed by atoms with Gasteiger partial charge in [0.1, 0.15) is 0 Å². The Kier molecular flexibility index (Phi) is 3.72. The van der Waals surface area contributed by atoms with Gasteiger partial charge in [-0.2, -0.15) is 0 Å². The van der Waals surface area contributed by atoms with E-state index in [2.05, 4.69) is 18.0 Å². The highest BCUT2D eigenvalue weighted by atomic mass is 15.3. The summed E-state index contributed by atoms with van der Waals surface area (Å²) >= 11 is 0. The first-order valence-electron chi connectivity index (χ1n) is 5.01. The van der Waals surface area contributed by atoms with Crippen LogP contribution in [0.4, 0.5) is 5.69 Å². The highest BCUT2D eigenvalue weighted by Gasteiger charge is 2.05. The van der Waals surface area contributed by atoms with E-state index in [0.717, 1.165) is 11.6 Å². The lowest BCUT2D eigenvalue weighted by Gasteiger charge is -2.22. The molecule has 0 aromatic heterocycles. The Morgan fingerprint density at radius 1 is 1.00 bits per heavy atom. The average molecular weight is 205 g/mol. The Balaban J connectivity index is 3.08. The van der Waals surface area contributed by atoms with Crippen molar-refractivity contribution in [3.8, 4) is 0 Å². The number of hydrogen-bond donors (Lipinski definition) is 0. The second-order valence-corrected chi connectivity index (χ2v) is 3.99. The van der Waals surface area contributed by atoms with Gasteiger partial charge in [0.05, 0.1) is 5.69 Å². The molecule has 0 aliphatic heterocycles. The van der Waals surface area contributed by atoms with E-state index in [1.807, 2.05) is 56.2 Å². The summed E-state index contributed by atoms with van der Waals surface area (Å²) in [6, 6.07) is 8.14. The van der Waals surface area contributed by atoms with Crippen LogP contribution in [-0.2, 0) is 0 Å². The zero-order valence-electron chi connectivity index (χ0n) is 10.2. The summed E-state index contributed by atoms with van der Waals surface area (Å²) in [5, 5.41) is 0. The third-order valence-electron chi connectivity index (χ3n) is 2.14. The summed E-state index contributed by atoms with van der Waals surface area (Å²) in [5.41, 5.74) is 2.22. The smallest absolute Gasteiger partial charge is 0.200 e. The Bertz CT molecular complexity index is 344. The van der Waals surface area contributed by atoms with Crippen LogP contribution in [0.3, 0.4) is 0 Å². The fourth-order valence-electron chi connectivity index (χ4n) is 1.40. The van der Waals surface area contributed by atoms with Crippen molar-refractivity contribution in [2.45, 2.75) is 6.92 Å². The monoisotopic (exact) mass is 205 g/mol. The molecule has 1 rings (SSSR count). The number of rotatable bonds is 1. The van der Waals surface area contributed by atoms with Crippen LogP contribution < -0.4 is 0 Å². The van der Waals surface area contributed by atoms with Gasteiger partial charge < -0.3 is 9.80 Å². The third-order valence-corrected chi connectivity index (χ3v) is 2.14. The van der Waals surface area contributed by atoms with E-state index in [0.29, 0.717) is 0 Å². The highest BCUT2D eigenvalue weighted by molar-refractivity contribution is 5.82. The van der Waals surface area contributed by atoms with Gasteiger partial charge in [0.25, 0.3) is 0 Å². The van der Waals surface area contributed by atoms with Crippen molar-refractivity contribution in [1.29, 1.82) is 0 Å². The first-order chi connectivity index (χ1) is 7.02. The van der Waals surface area contributed by atoms with Gasteiger partial charge in [-0.25, -0.2) is 4.99 Å². The Hall–Kier alpha value is -1.51. The largest absolute Gasteiger partial charge is 0.349 e. The van der Waals surface area contributed by atoms with E-state index in [-0.39, 0.29) is 0 Å². The zero-order chi connectivity index (χ0) is 11.4. The lowest BCUT2D eigenvalue weighted by molar-refractivity contribution is 0.484.